The smallest absolute Gasteiger partial charge is 0.471 e. The van der Waals surface area contributed by atoms with Crippen molar-refractivity contribution in [3.05, 3.63) is 0 Å². The Kier molecular flexibility index (Phi) is 4.36. The van der Waals surface area contributed by atoms with Gasteiger partial charge in [-0.25, -0.2) is 0 Å². The Bertz CT molecular complexity index is 294. The zero-order chi connectivity index (χ0) is 13.1. The lowest BCUT2D eigenvalue weighted by atomic mass is 9.95. The maximum Gasteiger partial charge on any atom is 0.471 e. The summed E-state index contributed by atoms with van der Waals surface area (Å²) in [6, 6.07) is 0. The number of alkyl halides is 3. The molecule has 0 saturated carbocycles. The standard InChI is InChI=1S/C10H14F3NO3/c11-10(12,13)9(17)14-5-1-3-7(8(15)16)4-2-6-14/h7H,1-6H2,(H,15,16). The Morgan fingerprint density at radius 1 is 1.12 bits per heavy atom. The fourth-order valence-corrected chi connectivity index (χ4v) is 1.94. The van der Waals surface area contributed by atoms with Crippen molar-refractivity contribution in [1.82, 2.24) is 4.90 Å². The van der Waals surface area contributed by atoms with Crippen LogP contribution in [0.15, 0.2) is 0 Å². The number of carbonyl (C=O) groups is 2. The van der Waals surface area contributed by atoms with E-state index in [9.17, 15) is 22.8 Å². The highest BCUT2D eigenvalue weighted by Gasteiger charge is 2.42. The highest BCUT2D eigenvalue weighted by atomic mass is 19.4. The first kappa shape index (κ1) is 13.8. The van der Waals surface area contributed by atoms with Crippen molar-refractivity contribution in [3.8, 4) is 0 Å². The zero-order valence-corrected chi connectivity index (χ0v) is 9.16. The van der Waals surface area contributed by atoms with Gasteiger partial charge in [0, 0.05) is 13.1 Å². The minimum absolute atomic E-state index is 0.0257. The molecule has 0 aromatic carbocycles. The predicted molar refractivity (Wildman–Crippen MR) is 52.2 cm³/mol. The summed E-state index contributed by atoms with van der Waals surface area (Å²) in [6.45, 7) is -0.0513. The van der Waals surface area contributed by atoms with Crippen LogP contribution in [0.25, 0.3) is 0 Å². The molecule has 0 radical (unpaired) electrons. The van der Waals surface area contributed by atoms with Crippen molar-refractivity contribution < 1.29 is 27.9 Å². The number of amides is 1. The molecular weight excluding hydrogens is 239 g/mol. The number of halogens is 3. The number of hydrogen-bond acceptors (Lipinski definition) is 2. The molecule has 1 aliphatic heterocycles. The van der Waals surface area contributed by atoms with Crippen LogP contribution in [-0.4, -0.2) is 41.1 Å². The Morgan fingerprint density at radius 2 is 1.59 bits per heavy atom. The van der Waals surface area contributed by atoms with E-state index in [-0.39, 0.29) is 13.1 Å². The molecule has 0 atom stereocenters. The van der Waals surface area contributed by atoms with E-state index in [1.54, 1.807) is 0 Å². The van der Waals surface area contributed by atoms with Crippen LogP contribution in [0.3, 0.4) is 0 Å². The van der Waals surface area contributed by atoms with E-state index in [0.29, 0.717) is 25.7 Å². The Balaban J connectivity index is 2.54. The quantitative estimate of drug-likeness (QED) is 0.773. The first-order valence-electron chi connectivity index (χ1n) is 5.41. The van der Waals surface area contributed by atoms with Crippen molar-refractivity contribution in [3.63, 3.8) is 0 Å². The number of hydrogen-bond donors (Lipinski definition) is 1. The largest absolute Gasteiger partial charge is 0.481 e. The number of likely N-dealkylation sites (tertiary alicyclic amines) is 1. The highest BCUT2D eigenvalue weighted by molar-refractivity contribution is 5.81. The van der Waals surface area contributed by atoms with Gasteiger partial charge < -0.3 is 10.0 Å². The lowest BCUT2D eigenvalue weighted by Gasteiger charge is -2.27. The lowest BCUT2D eigenvalue weighted by molar-refractivity contribution is -0.185. The number of nitrogens with zero attached hydrogens (tertiary/aromatic N) is 1. The molecule has 4 nitrogen and oxygen atoms in total. The molecule has 1 heterocycles. The van der Waals surface area contributed by atoms with Gasteiger partial charge in [0.1, 0.15) is 0 Å². The van der Waals surface area contributed by atoms with E-state index in [0.717, 1.165) is 4.90 Å². The van der Waals surface area contributed by atoms with Gasteiger partial charge in [-0.15, -0.1) is 0 Å². The second-order valence-electron chi connectivity index (χ2n) is 4.11. The summed E-state index contributed by atoms with van der Waals surface area (Å²) in [4.78, 5) is 22.5. The number of aliphatic carboxylic acids is 1. The molecule has 1 fully saturated rings. The predicted octanol–water partition coefficient (Wildman–Crippen LogP) is 1.65. The summed E-state index contributed by atoms with van der Waals surface area (Å²) >= 11 is 0. The Hall–Kier alpha value is -1.27. The van der Waals surface area contributed by atoms with Gasteiger partial charge in [0.05, 0.1) is 5.92 Å². The molecule has 0 aliphatic carbocycles. The van der Waals surface area contributed by atoms with Gasteiger partial charge in [-0.05, 0) is 25.7 Å². The van der Waals surface area contributed by atoms with Crippen LogP contribution in [0.4, 0.5) is 13.2 Å². The van der Waals surface area contributed by atoms with Crippen LogP contribution in [-0.2, 0) is 9.59 Å². The van der Waals surface area contributed by atoms with Crippen LogP contribution in [0.2, 0.25) is 0 Å². The van der Waals surface area contributed by atoms with E-state index in [1.807, 2.05) is 0 Å². The maximum absolute atomic E-state index is 12.2. The SMILES string of the molecule is O=C(O)C1CCCN(C(=O)C(F)(F)F)CCC1. The number of carboxylic acids is 1. The Morgan fingerprint density at radius 3 is 1.94 bits per heavy atom. The second kappa shape index (κ2) is 5.37. The highest BCUT2D eigenvalue weighted by Crippen LogP contribution is 2.23. The van der Waals surface area contributed by atoms with Crippen molar-refractivity contribution in [1.29, 1.82) is 0 Å². The van der Waals surface area contributed by atoms with E-state index in [1.165, 1.54) is 0 Å². The average molecular weight is 253 g/mol. The third-order valence-electron chi connectivity index (χ3n) is 2.84. The fourth-order valence-electron chi connectivity index (χ4n) is 1.94. The zero-order valence-electron chi connectivity index (χ0n) is 9.16. The molecule has 1 aliphatic rings. The summed E-state index contributed by atoms with van der Waals surface area (Å²) in [5.41, 5.74) is 0. The van der Waals surface area contributed by atoms with Gasteiger partial charge in [-0.2, -0.15) is 13.2 Å². The molecule has 0 aromatic heterocycles. The summed E-state index contributed by atoms with van der Waals surface area (Å²) in [5, 5.41) is 8.80. The third-order valence-corrected chi connectivity index (χ3v) is 2.84. The normalized spacial score (nSPS) is 19.6. The van der Waals surface area contributed by atoms with Gasteiger partial charge in [0.15, 0.2) is 0 Å². The molecular formula is C10H14F3NO3. The molecule has 0 unspecified atom stereocenters. The molecule has 0 bridgehead atoms. The Labute approximate surface area is 96.4 Å². The molecule has 0 spiro atoms. The first-order valence-corrected chi connectivity index (χ1v) is 5.41. The van der Waals surface area contributed by atoms with Crippen LogP contribution in [0.1, 0.15) is 25.7 Å². The molecule has 17 heavy (non-hydrogen) atoms. The minimum atomic E-state index is -4.84. The maximum atomic E-state index is 12.2. The summed E-state index contributed by atoms with van der Waals surface area (Å²) in [7, 11) is 0. The van der Waals surface area contributed by atoms with Crippen molar-refractivity contribution in [2.75, 3.05) is 13.1 Å². The average Bonchev–Trinajstić information content (AvgIpc) is 2.14. The van der Waals surface area contributed by atoms with Gasteiger partial charge >= 0.3 is 18.1 Å². The number of carbonyl (C=O) groups excluding carboxylic acids is 1. The van der Waals surface area contributed by atoms with Gasteiger partial charge in [-0.1, -0.05) is 0 Å². The summed E-state index contributed by atoms with van der Waals surface area (Å²) in [6.07, 6.45) is -3.63. The fraction of sp³-hybridized carbons (Fsp3) is 0.800. The number of carboxylic acid groups (broad SMARTS) is 1. The molecule has 1 saturated heterocycles. The van der Waals surface area contributed by atoms with Gasteiger partial charge in [0.2, 0.25) is 0 Å². The molecule has 7 heteroatoms. The minimum Gasteiger partial charge on any atom is -0.481 e. The molecule has 1 N–H and O–H groups in total. The molecule has 98 valence electrons. The lowest BCUT2D eigenvalue weighted by Crippen LogP contribution is -2.43. The monoisotopic (exact) mass is 253 g/mol. The van der Waals surface area contributed by atoms with Crippen LogP contribution in [0.5, 0.6) is 0 Å². The van der Waals surface area contributed by atoms with Crippen molar-refractivity contribution in [2.24, 2.45) is 5.92 Å². The second-order valence-corrected chi connectivity index (χ2v) is 4.11. The van der Waals surface area contributed by atoms with Gasteiger partial charge in [-0.3, -0.25) is 9.59 Å². The van der Waals surface area contributed by atoms with Crippen LogP contribution in [0, 0.1) is 5.92 Å². The van der Waals surface area contributed by atoms with E-state index in [4.69, 9.17) is 5.11 Å². The molecule has 1 amide bonds. The third kappa shape index (κ3) is 3.90. The molecule has 1 rings (SSSR count). The summed E-state index contributed by atoms with van der Waals surface area (Å²) in [5.74, 6) is -3.25. The van der Waals surface area contributed by atoms with E-state index < -0.39 is 24.0 Å². The van der Waals surface area contributed by atoms with Gasteiger partial charge in [0.25, 0.3) is 0 Å². The van der Waals surface area contributed by atoms with E-state index >= 15 is 0 Å². The van der Waals surface area contributed by atoms with Crippen LogP contribution < -0.4 is 0 Å². The first-order chi connectivity index (χ1) is 7.82. The van der Waals surface area contributed by atoms with Crippen molar-refractivity contribution >= 4 is 11.9 Å². The van der Waals surface area contributed by atoms with Crippen molar-refractivity contribution in [2.45, 2.75) is 31.9 Å². The van der Waals surface area contributed by atoms with E-state index in [2.05, 4.69) is 0 Å². The topological polar surface area (TPSA) is 57.6 Å². The summed E-state index contributed by atoms with van der Waals surface area (Å²) < 4.78 is 36.6. The molecule has 0 aromatic rings. The number of rotatable bonds is 1. The van der Waals surface area contributed by atoms with Crippen LogP contribution >= 0.6 is 0 Å².